The molecule has 2 rings (SSSR count). The van der Waals surface area contributed by atoms with Gasteiger partial charge in [-0.2, -0.15) is 0 Å². The van der Waals surface area contributed by atoms with Gasteiger partial charge in [0.15, 0.2) is 0 Å². The molecular weight excluding hydrogens is 246 g/mol. The second-order valence-electron chi connectivity index (χ2n) is 6.67. The summed E-state index contributed by atoms with van der Waals surface area (Å²) in [7, 11) is 4.25. The van der Waals surface area contributed by atoms with Crippen molar-refractivity contribution in [2.24, 2.45) is 0 Å². The number of aryl methyl sites for hydroxylation is 2. The highest BCUT2D eigenvalue weighted by atomic mass is 16.3. The molecule has 0 bridgehead atoms. The molecule has 2 heteroatoms. The van der Waals surface area contributed by atoms with Crippen molar-refractivity contribution in [1.29, 1.82) is 0 Å². The molecule has 0 amide bonds. The second-order valence-corrected chi connectivity index (χ2v) is 6.67. The van der Waals surface area contributed by atoms with Gasteiger partial charge in [-0.3, -0.25) is 0 Å². The van der Waals surface area contributed by atoms with Crippen LogP contribution in [0.4, 0.5) is 0 Å². The highest BCUT2D eigenvalue weighted by molar-refractivity contribution is 5.34. The average molecular weight is 275 g/mol. The molecule has 1 saturated carbocycles. The number of aliphatic hydroxyl groups excluding tert-OH is 1. The van der Waals surface area contributed by atoms with E-state index in [2.05, 4.69) is 51.0 Å². The summed E-state index contributed by atoms with van der Waals surface area (Å²) in [4.78, 5) is 2.27. The van der Waals surface area contributed by atoms with Crippen LogP contribution < -0.4 is 0 Å². The smallest absolute Gasteiger partial charge is 0.0976 e. The van der Waals surface area contributed by atoms with E-state index in [9.17, 15) is 5.11 Å². The fraction of sp³-hybridized carbons (Fsp3) is 0.667. The molecule has 0 aromatic heterocycles. The van der Waals surface area contributed by atoms with Gasteiger partial charge < -0.3 is 10.0 Å². The third kappa shape index (κ3) is 2.91. The molecule has 0 radical (unpaired) electrons. The summed E-state index contributed by atoms with van der Waals surface area (Å²) in [6.07, 6.45) is 6.84. The standard InChI is InChI=1S/C18H29NO/c1-14-9-10-15(2)16(13-14)17(20)18(19(3)4)11-7-5-6-8-12-18/h9-10,13,17,20H,5-8,11-12H2,1-4H3. The van der Waals surface area contributed by atoms with Gasteiger partial charge in [-0.1, -0.05) is 49.4 Å². The van der Waals surface area contributed by atoms with Crippen LogP contribution in [0.3, 0.4) is 0 Å². The predicted molar refractivity (Wildman–Crippen MR) is 85.0 cm³/mol. The maximum absolute atomic E-state index is 11.2. The SMILES string of the molecule is Cc1ccc(C)c(C(O)C2(N(C)C)CCCCCC2)c1. The van der Waals surface area contributed by atoms with Gasteiger partial charge in [-0.25, -0.2) is 0 Å². The molecular formula is C18H29NO. The van der Waals surface area contributed by atoms with Crippen LogP contribution in [0.5, 0.6) is 0 Å². The molecule has 0 saturated heterocycles. The lowest BCUT2D eigenvalue weighted by Gasteiger charge is -2.44. The van der Waals surface area contributed by atoms with Crippen molar-refractivity contribution in [2.45, 2.75) is 64.0 Å². The molecule has 2 nitrogen and oxygen atoms in total. The Balaban J connectivity index is 2.40. The quantitative estimate of drug-likeness (QED) is 0.843. The summed E-state index contributed by atoms with van der Waals surface area (Å²) in [5, 5.41) is 11.2. The number of benzene rings is 1. The van der Waals surface area contributed by atoms with Crippen molar-refractivity contribution in [3.63, 3.8) is 0 Å². The van der Waals surface area contributed by atoms with E-state index < -0.39 is 6.10 Å². The zero-order valence-electron chi connectivity index (χ0n) is 13.4. The maximum atomic E-state index is 11.2. The lowest BCUT2D eigenvalue weighted by molar-refractivity contribution is -0.0202. The van der Waals surface area contributed by atoms with Gasteiger partial charge in [0.1, 0.15) is 0 Å². The molecule has 1 aliphatic rings. The molecule has 1 aromatic rings. The van der Waals surface area contributed by atoms with Crippen molar-refractivity contribution in [3.8, 4) is 0 Å². The second kappa shape index (κ2) is 6.28. The molecule has 112 valence electrons. The van der Waals surface area contributed by atoms with Gasteiger partial charge in [0, 0.05) is 0 Å². The predicted octanol–water partition coefficient (Wildman–Crippen LogP) is 3.99. The molecule has 0 heterocycles. The number of hydrogen-bond donors (Lipinski definition) is 1. The summed E-state index contributed by atoms with van der Waals surface area (Å²) < 4.78 is 0. The summed E-state index contributed by atoms with van der Waals surface area (Å²) >= 11 is 0. The summed E-state index contributed by atoms with van der Waals surface area (Å²) in [5.41, 5.74) is 3.44. The van der Waals surface area contributed by atoms with Crippen LogP contribution in [0.1, 0.15) is 61.3 Å². The third-order valence-corrected chi connectivity index (χ3v) is 5.10. The Morgan fingerprint density at radius 2 is 1.65 bits per heavy atom. The van der Waals surface area contributed by atoms with Gasteiger partial charge in [0.05, 0.1) is 11.6 Å². The van der Waals surface area contributed by atoms with Crippen molar-refractivity contribution in [1.82, 2.24) is 4.90 Å². The van der Waals surface area contributed by atoms with E-state index >= 15 is 0 Å². The molecule has 0 aliphatic heterocycles. The van der Waals surface area contributed by atoms with Crippen LogP contribution in [0.25, 0.3) is 0 Å². The fourth-order valence-corrected chi connectivity index (χ4v) is 3.65. The molecule has 0 spiro atoms. The number of hydrogen-bond acceptors (Lipinski definition) is 2. The van der Waals surface area contributed by atoms with Crippen LogP contribution >= 0.6 is 0 Å². The lowest BCUT2D eigenvalue weighted by atomic mass is 9.78. The molecule has 1 N–H and O–H groups in total. The Kier molecular flexibility index (Phi) is 4.87. The van der Waals surface area contributed by atoms with Gasteiger partial charge in [-0.05, 0) is 51.9 Å². The Morgan fingerprint density at radius 3 is 2.20 bits per heavy atom. The Bertz CT molecular complexity index is 445. The first-order valence-electron chi connectivity index (χ1n) is 7.90. The van der Waals surface area contributed by atoms with E-state index in [1.807, 2.05) is 0 Å². The topological polar surface area (TPSA) is 23.5 Å². The zero-order valence-corrected chi connectivity index (χ0v) is 13.4. The van der Waals surface area contributed by atoms with Gasteiger partial charge in [0.25, 0.3) is 0 Å². The van der Waals surface area contributed by atoms with Crippen LogP contribution in [0.15, 0.2) is 18.2 Å². The molecule has 1 aromatic carbocycles. The van der Waals surface area contributed by atoms with Crippen LogP contribution in [0, 0.1) is 13.8 Å². The summed E-state index contributed by atoms with van der Waals surface area (Å²) in [5.74, 6) is 0. The van der Waals surface area contributed by atoms with E-state index in [4.69, 9.17) is 0 Å². The Labute approximate surface area is 123 Å². The van der Waals surface area contributed by atoms with E-state index in [0.29, 0.717) is 0 Å². The lowest BCUT2D eigenvalue weighted by Crippen LogP contribution is -2.49. The van der Waals surface area contributed by atoms with Gasteiger partial charge >= 0.3 is 0 Å². The van der Waals surface area contributed by atoms with E-state index in [0.717, 1.165) is 18.4 Å². The van der Waals surface area contributed by atoms with Crippen LogP contribution in [0.2, 0.25) is 0 Å². The number of rotatable bonds is 3. The normalized spacial score (nSPS) is 20.7. The first-order valence-corrected chi connectivity index (χ1v) is 7.90. The third-order valence-electron chi connectivity index (χ3n) is 5.10. The van der Waals surface area contributed by atoms with Gasteiger partial charge in [0.2, 0.25) is 0 Å². The largest absolute Gasteiger partial charge is 0.386 e. The van der Waals surface area contributed by atoms with Gasteiger partial charge in [-0.15, -0.1) is 0 Å². The minimum atomic E-state index is -0.393. The first kappa shape index (κ1) is 15.5. The summed E-state index contributed by atoms with van der Waals surface area (Å²) in [6.45, 7) is 4.21. The fourth-order valence-electron chi connectivity index (χ4n) is 3.65. The monoisotopic (exact) mass is 275 g/mol. The number of likely N-dealkylation sites (N-methyl/N-ethyl adjacent to an activating group) is 1. The van der Waals surface area contributed by atoms with Crippen LogP contribution in [-0.2, 0) is 0 Å². The Hall–Kier alpha value is -0.860. The van der Waals surface area contributed by atoms with Crippen molar-refractivity contribution < 1.29 is 5.11 Å². The van der Waals surface area contributed by atoms with Crippen molar-refractivity contribution in [2.75, 3.05) is 14.1 Å². The zero-order chi connectivity index (χ0) is 14.8. The molecule has 1 aliphatic carbocycles. The average Bonchev–Trinajstić information content (AvgIpc) is 2.67. The van der Waals surface area contributed by atoms with Crippen LogP contribution in [-0.4, -0.2) is 29.6 Å². The van der Waals surface area contributed by atoms with Crippen molar-refractivity contribution in [3.05, 3.63) is 34.9 Å². The molecule has 1 fully saturated rings. The first-order chi connectivity index (χ1) is 9.47. The number of nitrogens with zero attached hydrogens (tertiary/aromatic N) is 1. The molecule has 1 atom stereocenters. The molecule has 20 heavy (non-hydrogen) atoms. The highest BCUT2D eigenvalue weighted by Gasteiger charge is 2.41. The van der Waals surface area contributed by atoms with E-state index in [1.54, 1.807) is 0 Å². The Morgan fingerprint density at radius 1 is 1.05 bits per heavy atom. The van der Waals surface area contributed by atoms with E-state index in [-0.39, 0.29) is 5.54 Å². The minimum absolute atomic E-state index is 0.102. The van der Waals surface area contributed by atoms with E-state index in [1.165, 1.54) is 36.8 Å². The maximum Gasteiger partial charge on any atom is 0.0976 e. The highest BCUT2D eigenvalue weighted by Crippen LogP contribution is 2.41. The summed E-state index contributed by atoms with van der Waals surface area (Å²) in [6, 6.07) is 6.42. The molecule has 1 unspecified atom stereocenters. The van der Waals surface area contributed by atoms with Crippen molar-refractivity contribution >= 4 is 0 Å². The minimum Gasteiger partial charge on any atom is -0.386 e. The number of aliphatic hydroxyl groups is 1.